The SMILES string of the molecule is [C-]#[N+]c1ccc(CC(=O)[C@@](C)(O)Cn2nc3ccc(C)cc3n2)cc1C.[C-]#[N+]c1ccc(CC(=O)[C@@](C)(O)Cn2nnc3cc(-c4ccc(C)cc4)ccc32)cc1C.[C-]#[N+]c1ccc(CC(=O)[C@@](C)(O)Cn2nnc3cc(C)ccc32)cc1C.[C-]#[N+]c1ccc(CC(=O)[C@@](C)(O)Cn2nnc3ccc(F)cc32)cc1C. The summed E-state index contributed by atoms with van der Waals surface area (Å²) in [4.78, 5) is 65.7. The Balaban J connectivity index is 0.000000157. The van der Waals surface area contributed by atoms with E-state index >= 15 is 0 Å². The molecule has 110 heavy (non-hydrogen) atoms. The maximum absolute atomic E-state index is 13.5. The maximum Gasteiger partial charge on any atom is 0.190 e. The zero-order valence-electron chi connectivity index (χ0n) is 62.8. The lowest BCUT2D eigenvalue weighted by molar-refractivity contribution is -0.137. The lowest BCUT2D eigenvalue weighted by Crippen LogP contribution is -2.41. The number of Topliss-reactive ketones (excluding diaryl/α,β-unsaturated/α-hetero) is 4. The highest BCUT2D eigenvalue weighted by atomic mass is 19.1. The van der Waals surface area contributed by atoms with Crippen LogP contribution in [0.2, 0.25) is 0 Å². The zero-order chi connectivity index (χ0) is 79.6. The van der Waals surface area contributed by atoms with Gasteiger partial charge in [-0.1, -0.05) is 136 Å². The van der Waals surface area contributed by atoms with Crippen LogP contribution in [-0.2, 0) is 71.0 Å². The fraction of sp³-hybridized carbons (Fsp3) is 0.271. The van der Waals surface area contributed by atoms with Gasteiger partial charge in [-0.15, -0.1) is 15.3 Å². The standard InChI is InChI=1S/C26H24N4O2.2C20H20N4O2.C19H17FN4O2/c1-17-5-8-20(9-6-17)21-10-12-24-23(15-21)28-29-30(24)16-26(3,32)25(31)14-19-7-11-22(27-4)18(2)13-19;1-13-5-8-18-17(9-13)22-23-24(18)12-20(3,26)19(25)11-15-6-7-16(21-4)14(2)10-15;1-13-5-7-17-18(9-13)23-24(22-17)12-20(3,26)19(25)11-15-6-8-16(21-4)14(2)10-15;1-12-8-13(4-6-15(12)21-3)9-18(25)19(2,26)11-24-17-10-14(20)5-7-16(17)22-23-24/h5-13,15,32H,14,16H2,1-3H3;2*5-10,26H,11-12H2,1-3H3;4-8,10,26H,9,11H2,1-2H3/t26-;2*20-;19-/m0000/s1. The summed E-state index contributed by atoms with van der Waals surface area (Å²) < 4.78 is 17.9. The Morgan fingerprint density at radius 1 is 0.355 bits per heavy atom. The molecule has 4 N–H and O–H groups in total. The molecule has 0 unspecified atom stereocenters. The van der Waals surface area contributed by atoms with Gasteiger partial charge >= 0.3 is 0 Å². The first-order valence-electron chi connectivity index (χ1n) is 35.1. The molecule has 13 aromatic rings. The zero-order valence-corrected chi connectivity index (χ0v) is 62.8. The van der Waals surface area contributed by atoms with Crippen molar-refractivity contribution in [2.75, 3.05) is 0 Å². The molecule has 0 aliphatic carbocycles. The smallest absolute Gasteiger partial charge is 0.190 e. The van der Waals surface area contributed by atoms with Crippen LogP contribution in [0.4, 0.5) is 27.1 Å². The van der Waals surface area contributed by atoms with E-state index in [1.54, 1.807) is 70.9 Å². The van der Waals surface area contributed by atoms with Crippen LogP contribution in [0.1, 0.15) is 88.9 Å². The van der Waals surface area contributed by atoms with E-state index in [4.69, 9.17) is 26.3 Å². The van der Waals surface area contributed by atoms with Crippen LogP contribution in [0.3, 0.4) is 0 Å². The molecular weight excluding hydrogens is 1390 g/mol. The summed E-state index contributed by atoms with van der Waals surface area (Å²) in [5, 5.41) is 76.0. The molecule has 0 bridgehead atoms. The van der Waals surface area contributed by atoms with E-state index in [2.05, 4.69) is 91.7 Å². The molecule has 0 fully saturated rings. The summed E-state index contributed by atoms with van der Waals surface area (Å²) in [5.41, 5.74) is 12.8. The Bertz CT molecular complexity index is 5840. The summed E-state index contributed by atoms with van der Waals surface area (Å²) in [6.45, 7) is 47.5. The minimum absolute atomic E-state index is 0.00529. The van der Waals surface area contributed by atoms with Crippen molar-refractivity contribution in [2.24, 2.45) is 0 Å². The van der Waals surface area contributed by atoms with E-state index in [0.29, 0.717) is 39.3 Å². The number of aliphatic hydroxyl groups is 4. The van der Waals surface area contributed by atoms with E-state index in [-0.39, 0.29) is 69.2 Å². The normalized spacial score (nSPS) is 13.2. The van der Waals surface area contributed by atoms with Crippen molar-refractivity contribution in [3.05, 3.63) is 283 Å². The Morgan fingerprint density at radius 3 is 1.09 bits per heavy atom. The number of rotatable bonds is 21. The molecule has 0 aliphatic rings. The molecule has 4 heterocycles. The number of benzene rings is 9. The highest BCUT2D eigenvalue weighted by Crippen LogP contribution is 2.30. The first-order valence-corrected chi connectivity index (χ1v) is 35.1. The summed E-state index contributed by atoms with van der Waals surface area (Å²) >= 11 is 0. The molecule has 0 saturated carbocycles. The van der Waals surface area contributed by atoms with Gasteiger partial charge in [-0.05, 0) is 191 Å². The predicted molar refractivity (Wildman–Crippen MR) is 417 cm³/mol. The van der Waals surface area contributed by atoms with Gasteiger partial charge < -0.3 is 20.4 Å². The van der Waals surface area contributed by atoms with E-state index in [0.717, 1.165) is 94.3 Å². The Hall–Kier alpha value is -13.0. The van der Waals surface area contributed by atoms with Crippen LogP contribution in [0.5, 0.6) is 0 Å². The molecule has 0 amide bonds. The van der Waals surface area contributed by atoms with Crippen molar-refractivity contribution in [1.82, 2.24) is 60.0 Å². The van der Waals surface area contributed by atoms with E-state index in [1.807, 2.05) is 107 Å². The van der Waals surface area contributed by atoms with Gasteiger partial charge in [-0.25, -0.2) is 37.8 Å². The van der Waals surface area contributed by atoms with Gasteiger partial charge in [0.1, 0.15) is 55.8 Å². The minimum atomic E-state index is -1.70. The van der Waals surface area contributed by atoms with Gasteiger partial charge in [0.05, 0.1) is 69.0 Å². The molecule has 0 spiro atoms. The second-order valence-corrected chi connectivity index (χ2v) is 28.6. The summed E-state index contributed by atoms with van der Waals surface area (Å²) in [6, 6.07) is 50.6. The van der Waals surface area contributed by atoms with Crippen LogP contribution in [0.15, 0.2) is 170 Å². The Morgan fingerprint density at radius 2 is 0.682 bits per heavy atom. The highest BCUT2D eigenvalue weighted by molar-refractivity contribution is 5.91. The number of aryl methyl sites for hydroxylation is 7. The lowest BCUT2D eigenvalue weighted by Gasteiger charge is -2.22. The number of fused-ring (bicyclic) bond motifs is 4. The van der Waals surface area contributed by atoms with Gasteiger partial charge in [0, 0.05) is 31.7 Å². The largest absolute Gasteiger partial charge is 0.380 e. The van der Waals surface area contributed by atoms with Gasteiger partial charge in [0.2, 0.25) is 0 Å². The van der Waals surface area contributed by atoms with E-state index < -0.39 is 34.0 Å². The second kappa shape index (κ2) is 33.4. The number of ketones is 4. The van der Waals surface area contributed by atoms with E-state index in [9.17, 15) is 44.0 Å². The molecule has 556 valence electrons. The summed E-state index contributed by atoms with van der Waals surface area (Å²) in [5.74, 6) is -1.77. The van der Waals surface area contributed by atoms with Crippen LogP contribution >= 0.6 is 0 Å². The van der Waals surface area contributed by atoms with Gasteiger partial charge in [-0.2, -0.15) is 15.0 Å². The van der Waals surface area contributed by atoms with Crippen molar-refractivity contribution in [3.63, 3.8) is 0 Å². The van der Waals surface area contributed by atoms with Gasteiger partial charge in [-0.3, -0.25) is 19.2 Å². The molecule has 0 aliphatic heterocycles. The number of aromatic nitrogens is 12. The molecule has 25 heteroatoms. The maximum atomic E-state index is 13.5. The lowest BCUT2D eigenvalue weighted by atomic mass is 9.94. The number of carbonyl (C=O) groups excluding carboxylic acids is 4. The van der Waals surface area contributed by atoms with Gasteiger partial charge in [0.25, 0.3) is 0 Å². The number of carbonyl (C=O) groups is 4. The third kappa shape index (κ3) is 19.4. The van der Waals surface area contributed by atoms with E-state index in [1.165, 1.54) is 60.9 Å². The van der Waals surface area contributed by atoms with Crippen molar-refractivity contribution >= 4 is 90.0 Å². The minimum Gasteiger partial charge on any atom is -0.380 e. The predicted octanol–water partition coefficient (Wildman–Crippen LogP) is 14.1. The van der Waals surface area contributed by atoms with Crippen LogP contribution < -0.4 is 0 Å². The fourth-order valence-corrected chi connectivity index (χ4v) is 12.2. The molecule has 24 nitrogen and oxygen atoms in total. The van der Waals surface area contributed by atoms with Crippen LogP contribution in [0, 0.1) is 80.6 Å². The molecule has 0 radical (unpaired) electrons. The molecule has 4 atom stereocenters. The highest BCUT2D eigenvalue weighted by Gasteiger charge is 2.36. The molecule has 4 aromatic heterocycles. The number of hydrogen-bond donors (Lipinski definition) is 4. The Labute approximate surface area is 635 Å². The molecule has 0 saturated heterocycles. The topological polar surface area (TPSA) is 289 Å². The molecule has 9 aromatic carbocycles. The van der Waals surface area contributed by atoms with Crippen molar-refractivity contribution in [1.29, 1.82) is 0 Å². The van der Waals surface area contributed by atoms with Crippen molar-refractivity contribution in [2.45, 2.75) is 150 Å². The van der Waals surface area contributed by atoms with Crippen molar-refractivity contribution < 1.29 is 44.0 Å². The quantitative estimate of drug-likeness (QED) is 0.0486. The number of nitrogens with zero attached hydrogens (tertiary/aromatic N) is 16. The van der Waals surface area contributed by atoms with Crippen molar-refractivity contribution in [3.8, 4) is 11.1 Å². The molecular formula is C85H81FN16O8. The average molecular weight is 1470 g/mol. The first kappa shape index (κ1) is 79.6. The van der Waals surface area contributed by atoms with Gasteiger partial charge in [0.15, 0.2) is 45.9 Å². The average Bonchev–Trinajstić information content (AvgIpc) is 1.63. The van der Waals surface area contributed by atoms with Crippen LogP contribution in [-0.4, -0.2) is 126 Å². The number of hydrogen-bond acceptors (Lipinski definition) is 16. The monoisotopic (exact) mass is 1470 g/mol. The molecule has 13 rings (SSSR count). The summed E-state index contributed by atoms with van der Waals surface area (Å²) in [6.07, 6.45) is 0.285. The Kier molecular flexibility index (Phi) is 24.2. The number of halogens is 1. The second-order valence-electron chi connectivity index (χ2n) is 28.6. The third-order valence-corrected chi connectivity index (χ3v) is 18.8. The fourth-order valence-electron chi connectivity index (χ4n) is 12.2. The third-order valence-electron chi connectivity index (χ3n) is 18.8. The summed E-state index contributed by atoms with van der Waals surface area (Å²) in [7, 11) is 0. The first-order chi connectivity index (χ1) is 52.1. The van der Waals surface area contributed by atoms with Crippen LogP contribution in [0.25, 0.3) is 74.6 Å².